The monoisotopic (exact) mass is 119 g/mol. The van der Waals surface area contributed by atoms with Gasteiger partial charge >= 0.3 is 0 Å². The lowest BCUT2D eigenvalue weighted by molar-refractivity contribution is 0.428. The first-order valence-corrected chi connectivity index (χ1v) is 3.26. The molecule has 0 spiro atoms. The minimum absolute atomic E-state index is 0. The Morgan fingerprint density at radius 1 is 1.25 bits per heavy atom. The fourth-order valence-electron chi connectivity index (χ4n) is 0. The van der Waals surface area contributed by atoms with Gasteiger partial charge in [-0.05, 0) is 12.0 Å². The van der Waals surface area contributed by atoms with Gasteiger partial charge in [-0.25, -0.2) is 0 Å². The average Bonchev–Trinajstić information content (AvgIpc) is 1.71. The van der Waals surface area contributed by atoms with E-state index in [2.05, 4.69) is 20.8 Å². The topological polar surface area (TPSA) is 26.0 Å². The van der Waals surface area contributed by atoms with E-state index >= 15 is 0 Å². The van der Waals surface area contributed by atoms with Crippen LogP contribution in [-0.2, 0) is 0 Å². The molecular formula is C7H21N. The summed E-state index contributed by atoms with van der Waals surface area (Å²) in [6.45, 7) is 11.1. The summed E-state index contributed by atoms with van der Waals surface area (Å²) in [7, 11) is 0. The van der Waals surface area contributed by atoms with Gasteiger partial charge in [0.15, 0.2) is 0 Å². The van der Waals surface area contributed by atoms with Crippen molar-refractivity contribution in [2.24, 2.45) is 11.1 Å². The molecule has 0 aliphatic carbocycles. The second kappa shape index (κ2) is 5.10. The minimum Gasteiger partial charge on any atom is -0.330 e. The molecule has 2 N–H and O–H groups in total. The molecule has 54 valence electrons. The Balaban J connectivity index is -0.000000109. The van der Waals surface area contributed by atoms with E-state index in [9.17, 15) is 0 Å². The van der Waals surface area contributed by atoms with Crippen LogP contribution in [0.1, 0.15) is 36.0 Å². The summed E-state index contributed by atoms with van der Waals surface area (Å²) in [4.78, 5) is 0. The van der Waals surface area contributed by atoms with Gasteiger partial charge in [0.2, 0.25) is 0 Å². The van der Waals surface area contributed by atoms with Crippen molar-refractivity contribution in [2.45, 2.75) is 34.6 Å². The van der Waals surface area contributed by atoms with Crippen LogP contribution < -0.4 is 5.73 Å². The van der Waals surface area contributed by atoms with Gasteiger partial charge in [-0.2, -0.15) is 0 Å². The minimum atomic E-state index is 0. The highest BCUT2D eigenvalue weighted by Crippen LogP contribution is 2.07. The third-order valence-electron chi connectivity index (χ3n) is 0.612. The van der Waals surface area contributed by atoms with Gasteiger partial charge in [0.25, 0.3) is 0 Å². The lowest BCUT2D eigenvalue weighted by Gasteiger charge is -2.12. The molecule has 0 aliphatic rings. The zero-order valence-electron chi connectivity index (χ0n) is 6.78. The molecule has 8 heavy (non-hydrogen) atoms. The number of hydrogen-bond acceptors (Lipinski definition) is 1. The number of nitrogens with two attached hydrogens (primary N) is 1. The van der Waals surface area contributed by atoms with Crippen molar-refractivity contribution in [3.63, 3.8) is 0 Å². The van der Waals surface area contributed by atoms with Crippen molar-refractivity contribution in [2.75, 3.05) is 6.54 Å². The molecule has 0 aromatic rings. The van der Waals surface area contributed by atoms with Gasteiger partial charge in [-0.1, -0.05) is 34.6 Å². The van der Waals surface area contributed by atoms with Gasteiger partial charge in [-0.3, -0.25) is 0 Å². The summed E-state index contributed by atoms with van der Waals surface area (Å²) >= 11 is 0. The van der Waals surface area contributed by atoms with E-state index in [0.717, 1.165) is 6.54 Å². The SMILES string of the molecule is CC.CC(C)(C)CN.[HH]. The standard InChI is InChI=1S/C5H13N.C2H6.H2/c1-5(2,3)4-6;1-2;/h4,6H2,1-3H3;1-2H3;1H. The van der Waals surface area contributed by atoms with E-state index in [-0.39, 0.29) is 1.43 Å². The van der Waals surface area contributed by atoms with Crippen molar-refractivity contribution >= 4 is 0 Å². The predicted octanol–water partition coefficient (Wildman–Crippen LogP) is 2.26. The first-order chi connectivity index (χ1) is 3.56. The molecule has 0 rings (SSSR count). The van der Waals surface area contributed by atoms with E-state index in [1.54, 1.807) is 0 Å². The third kappa shape index (κ3) is 16.7. The zero-order valence-corrected chi connectivity index (χ0v) is 6.78. The van der Waals surface area contributed by atoms with Crippen LogP contribution in [0.25, 0.3) is 0 Å². The summed E-state index contributed by atoms with van der Waals surface area (Å²) in [6, 6.07) is 0. The van der Waals surface area contributed by atoms with Crippen LogP contribution in [0.5, 0.6) is 0 Å². The molecule has 0 saturated heterocycles. The molecule has 0 bridgehead atoms. The molecule has 0 aliphatic heterocycles. The second-order valence-corrected chi connectivity index (χ2v) is 2.76. The van der Waals surface area contributed by atoms with E-state index in [0.29, 0.717) is 5.41 Å². The Morgan fingerprint density at radius 2 is 1.38 bits per heavy atom. The highest BCUT2D eigenvalue weighted by Gasteiger charge is 2.03. The molecular weight excluding hydrogens is 98.1 g/mol. The first-order valence-electron chi connectivity index (χ1n) is 3.26. The molecule has 1 heteroatoms. The largest absolute Gasteiger partial charge is 0.330 e. The first kappa shape index (κ1) is 10.9. The van der Waals surface area contributed by atoms with Gasteiger partial charge in [-0.15, -0.1) is 0 Å². The van der Waals surface area contributed by atoms with Crippen LogP contribution in [0.3, 0.4) is 0 Å². The van der Waals surface area contributed by atoms with Crippen LogP contribution >= 0.6 is 0 Å². The van der Waals surface area contributed by atoms with Crippen molar-refractivity contribution in [3.05, 3.63) is 0 Å². The normalized spacial score (nSPS) is 9.75. The zero-order chi connectivity index (χ0) is 7.21. The third-order valence-corrected chi connectivity index (χ3v) is 0.612. The molecule has 0 radical (unpaired) electrons. The van der Waals surface area contributed by atoms with Crippen LogP contribution in [0.15, 0.2) is 0 Å². The number of hydrogen-bond donors (Lipinski definition) is 1. The lowest BCUT2D eigenvalue weighted by Crippen LogP contribution is -2.18. The maximum absolute atomic E-state index is 5.31. The molecule has 0 saturated carbocycles. The Morgan fingerprint density at radius 3 is 1.38 bits per heavy atom. The van der Waals surface area contributed by atoms with Gasteiger partial charge < -0.3 is 5.73 Å². The van der Waals surface area contributed by atoms with Crippen LogP contribution in [0.4, 0.5) is 0 Å². The van der Waals surface area contributed by atoms with Crippen LogP contribution in [-0.4, -0.2) is 6.54 Å². The molecule has 0 heterocycles. The fraction of sp³-hybridized carbons (Fsp3) is 1.00. The van der Waals surface area contributed by atoms with Crippen molar-refractivity contribution in [1.29, 1.82) is 0 Å². The van der Waals surface area contributed by atoms with Crippen LogP contribution in [0, 0.1) is 5.41 Å². The maximum atomic E-state index is 5.31. The summed E-state index contributed by atoms with van der Waals surface area (Å²) in [5, 5.41) is 0. The van der Waals surface area contributed by atoms with Crippen LogP contribution in [0.2, 0.25) is 0 Å². The van der Waals surface area contributed by atoms with Crippen molar-refractivity contribution in [1.82, 2.24) is 0 Å². The van der Waals surface area contributed by atoms with Crippen molar-refractivity contribution in [3.8, 4) is 0 Å². The molecule has 0 fully saturated rings. The lowest BCUT2D eigenvalue weighted by atomic mass is 9.98. The summed E-state index contributed by atoms with van der Waals surface area (Å²) < 4.78 is 0. The molecule has 1 nitrogen and oxygen atoms in total. The number of rotatable bonds is 0. The maximum Gasteiger partial charge on any atom is 0 e. The summed E-state index contributed by atoms with van der Waals surface area (Å²) in [5.74, 6) is 0. The molecule has 0 aromatic carbocycles. The Hall–Kier alpha value is -0.0400. The quantitative estimate of drug-likeness (QED) is 0.520. The Bertz CT molecular complexity index is 38.7. The molecule has 0 unspecified atom stereocenters. The Labute approximate surface area is 54.8 Å². The molecule has 0 aromatic heterocycles. The molecule has 0 atom stereocenters. The average molecular weight is 119 g/mol. The van der Waals surface area contributed by atoms with Gasteiger partial charge in [0.05, 0.1) is 0 Å². The van der Waals surface area contributed by atoms with Gasteiger partial charge in [0.1, 0.15) is 0 Å². The highest BCUT2D eigenvalue weighted by atomic mass is 14.6. The van der Waals surface area contributed by atoms with Gasteiger partial charge in [0, 0.05) is 1.43 Å². The summed E-state index contributed by atoms with van der Waals surface area (Å²) in [6.07, 6.45) is 0. The Kier molecular flexibility index (Phi) is 6.93. The fourth-order valence-corrected chi connectivity index (χ4v) is 0. The smallest absolute Gasteiger partial charge is 0 e. The van der Waals surface area contributed by atoms with Crippen molar-refractivity contribution < 1.29 is 1.43 Å². The highest BCUT2D eigenvalue weighted by molar-refractivity contribution is 4.59. The van der Waals surface area contributed by atoms with E-state index in [1.807, 2.05) is 13.8 Å². The summed E-state index contributed by atoms with van der Waals surface area (Å²) in [5.41, 5.74) is 5.62. The van der Waals surface area contributed by atoms with E-state index in [1.165, 1.54) is 0 Å². The van der Waals surface area contributed by atoms with E-state index < -0.39 is 0 Å². The molecule has 0 amide bonds. The predicted molar refractivity (Wildman–Crippen MR) is 42.0 cm³/mol. The second-order valence-electron chi connectivity index (χ2n) is 2.76. The van der Waals surface area contributed by atoms with E-state index in [4.69, 9.17) is 5.73 Å².